The van der Waals surface area contributed by atoms with Crippen LogP contribution in [0, 0.1) is 5.41 Å². The first-order valence-corrected chi connectivity index (χ1v) is 12.4. The normalized spacial score (nSPS) is 28.6. The van der Waals surface area contributed by atoms with Crippen LogP contribution in [0.1, 0.15) is 36.5 Å². The third-order valence-electron chi connectivity index (χ3n) is 6.78. The molecular weight excluding hydrogens is 400 g/mol. The maximum absolute atomic E-state index is 12.3. The van der Waals surface area contributed by atoms with Crippen LogP contribution in [0.2, 0.25) is 0 Å². The molecule has 1 aromatic carbocycles. The van der Waals surface area contributed by atoms with Gasteiger partial charge in [-0.1, -0.05) is 49.4 Å². The summed E-state index contributed by atoms with van der Waals surface area (Å²) >= 11 is 0. The minimum Gasteiger partial charge on any atom is -0.384 e. The van der Waals surface area contributed by atoms with Crippen LogP contribution in [-0.4, -0.2) is 52.4 Å². The smallest absolute Gasteiger partial charge is 0.209 e. The molecule has 1 fully saturated rings. The number of nitrogens with zero attached hydrogens (tertiary/aromatic N) is 1. The molecule has 30 heavy (non-hydrogen) atoms. The molecule has 0 saturated carbocycles. The van der Waals surface area contributed by atoms with E-state index in [0.717, 1.165) is 38.1 Å². The van der Waals surface area contributed by atoms with E-state index in [-0.39, 0.29) is 5.41 Å². The lowest BCUT2D eigenvalue weighted by Gasteiger charge is -2.52. The zero-order valence-corrected chi connectivity index (χ0v) is 18.9. The Hall–Kier alpha value is -1.51. The first-order chi connectivity index (χ1) is 14.3. The molecule has 2 unspecified atom stereocenters. The molecule has 6 nitrogen and oxygen atoms in total. The first-order valence-electron chi connectivity index (χ1n) is 10.5. The van der Waals surface area contributed by atoms with E-state index >= 15 is 0 Å². The molecule has 2 heterocycles. The van der Waals surface area contributed by atoms with Gasteiger partial charge >= 0.3 is 0 Å². The van der Waals surface area contributed by atoms with Crippen molar-refractivity contribution in [2.75, 3.05) is 33.1 Å². The molecule has 0 spiro atoms. The van der Waals surface area contributed by atoms with Gasteiger partial charge in [-0.15, -0.1) is 0 Å². The van der Waals surface area contributed by atoms with Gasteiger partial charge in [0.2, 0.25) is 10.0 Å². The van der Waals surface area contributed by atoms with Gasteiger partial charge in [-0.25, -0.2) is 13.1 Å². The second-order valence-electron chi connectivity index (χ2n) is 9.10. The molecule has 0 bridgehead atoms. The number of nitrogens with one attached hydrogen (secondary N) is 1. The van der Waals surface area contributed by atoms with Crippen LogP contribution in [0.5, 0.6) is 0 Å². The highest BCUT2D eigenvalue weighted by molar-refractivity contribution is 7.88. The number of sulfonamides is 1. The van der Waals surface area contributed by atoms with E-state index in [4.69, 9.17) is 9.47 Å². The molecule has 0 amide bonds. The Morgan fingerprint density at radius 2 is 2.00 bits per heavy atom. The van der Waals surface area contributed by atoms with Crippen LogP contribution in [-0.2, 0) is 38.2 Å². The molecule has 4 rings (SSSR count). The molecule has 1 aromatic rings. The Bertz CT molecular complexity index is 948. The van der Waals surface area contributed by atoms with Crippen molar-refractivity contribution >= 4 is 10.0 Å². The number of rotatable bonds is 6. The summed E-state index contributed by atoms with van der Waals surface area (Å²) in [6, 6.07) is 5.91. The van der Waals surface area contributed by atoms with Crippen molar-refractivity contribution in [2.24, 2.45) is 5.41 Å². The summed E-state index contributed by atoms with van der Waals surface area (Å²) in [5.74, 6) is 0. The largest absolute Gasteiger partial charge is 0.384 e. The molecule has 2 atom stereocenters. The van der Waals surface area contributed by atoms with Gasteiger partial charge in [-0.05, 0) is 48.0 Å². The van der Waals surface area contributed by atoms with E-state index in [1.54, 1.807) is 7.11 Å². The molecule has 3 aliphatic rings. The summed E-state index contributed by atoms with van der Waals surface area (Å²) in [7, 11) is -1.64. The van der Waals surface area contributed by atoms with Crippen molar-refractivity contribution in [1.29, 1.82) is 0 Å². The van der Waals surface area contributed by atoms with Gasteiger partial charge in [0.1, 0.15) is 0 Å². The fourth-order valence-corrected chi connectivity index (χ4v) is 5.92. The topological polar surface area (TPSA) is 67.9 Å². The summed E-state index contributed by atoms with van der Waals surface area (Å²) in [6.07, 6.45) is 11.3. The molecule has 1 aliphatic carbocycles. The van der Waals surface area contributed by atoms with E-state index in [1.807, 2.05) is 18.2 Å². The molecule has 2 aliphatic heterocycles. The summed E-state index contributed by atoms with van der Waals surface area (Å²) in [6.45, 7) is 5.91. The number of ether oxygens (including phenoxy) is 2. The summed E-state index contributed by atoms with van der Waals surface area (Å²) in [5, 5.41) is 0. The number of hydrogen-bond donors (Lipinski definition) is 1. The van der Waals surface area contributed by atoms with Crippen molar-refractivity contribution in [1.82, 2.24) is 9.62 Å². The van der Waals surface area contributed by atoms with E-state index in [2.05, 4.69) is 40.8 Å². The van der Waals surface area contributed by atoms with E-state index in [1.165, 1.54) is 17.4 Å². The average molecular weight is 433 g/mol. The lowest BCUT2D eigenvalue weighted by atomic mass is 9.73. The monoisotopic (exact) mass is 432 g/mol. The Kier molecular flexibility index (Phi) is 5.94. The average Bonchev–Trinajstić information content (AvgIpc) is 3.17. The zero-order chi connectivity index (χ0) is 21.4. The number of methoxy groups -OCH3 is 1. The highest BCUT2D eigenvalue weighted by Crippen LogP contribution is 2.44. The maximum Gasteiger partial charge on any atom is 0.209 e. The van der Waals surface area contributed by atoms with Crippen LogP contribution in [0.15, 0.2) is 42.5 Å². The number of piperidine rings is 1. The number of allylic oxidation sites excluding steroid dienone is 2. The number of benzene rings is 1. The predicted molar refractivity (Wildman–Crippen MR) is 117 cm³/mol. The van der Waals surface area contributed by atoms with E-state index in [0.29, 0.717) is 13.2 Å². The van der Waals surface area contributed by atoms with Crippen molar-refractivity contribution in [3.8, 4) is 0 Å². The van der Waals surface area contributed by atoms with Crippen LogP contribution in [0.3, 0.4) is 0 Å². The van der Waals surface area contributed by atoms with E-state index in [9.17, 15) is 8.42 Å². The van der Waals surface area contributed by atoms with Gasteiger partial charge in [0.05, 0.1) is 37.7 Å². The van der Waals surface area contributed by atoms with Gasteiger partial charge in [0.15, 0.2) is 0 Å². The zero-order valence-electron chi connectivity index (χ0n) is 18.1. The third-order valence-corrected chi connectivity index (χ3v) is 7.46. The van der Waals surface area contributed by atoms with Crippen LogP contribution in [0.25, 0.3) is 0 Å². The molecule has 0 aromatic heterocycles. The van der Waals surface area contributed by atoms with Crippen molar-refractivity contribution in [2.45, 2.75) is 44.6 Å². The minimum absolute atomic E-state index is 0.141. The predicted octanol–water partition coefficient (Wildman–Crippen LogP) is 2.70. The highest BCUT2D eigenvalue weighted by Gasteiger charge is 2.48. The lowest BCUT2D eigenvalue weighted by molar-refractivity contribution is -0.00338. The molecular formula is C23H32N2O4S. The Morgan fingerprint density at radius 3 is 2.70 bits per heavy atom. The second kappa shape index (κ2) is 8.20. The van der Waals surface area contributed by atoms with Crippen LogP contribution in [0.4, 0.5) is 0 Å². The summed E-state index contributed by atoms with van der Waals surface area (Å²) in [5.41, 5.74) is 3.06. The van der Waals surface area contributed by atoms with Crippen molar-refractivity contribution < 1.29 is 17.9 Å². The molecule has 1 N–H and O–H groups in total. The maximum atomic E-state index is 12.3. The summed E-state index contributed by atoms with van der Waals surface area (Å²) in [4.78, 5) is 2.45. The molecule has 1 saturated heterocycles. The molecule has 164 valence electrons. The fraction of sp³-hybridized carbons (Fsp3) is 0.565. The van der Waals surface area contributed by atoms with Gasteiger partial charge in [0.25, 0.3) is 0 Å². The minimum atomic E-state index is -3.40. The van der Waals surface area contributed by atoms with Gasteiger partial charge in [-0.3, -0.25) is 4.90 Å². The van der Waals surface area contributed by atoms with Crippen LogP contribution < -0.4 is 4.72 Å². The molecule has 7 heteroatoms. The number of fused-ring (bicyclic) bond motifs is 1. The number of likely N-dealkylation sites (tertiary alicyclic amines) is 1. The SMILES string of the molecule is COCC1(C)CCN(C2(c3cccc4c3COC4)C=CC=CC2NS(C)(=O)=O)CC1. The van der Waals surface area contributed by atoms with Gasteiger partial charge < -0.3 is 9.47 Å². The van der Waals surface area contributed by atoms with E-state index < -0.39 is 21.6 Å². The lowest BCUT2D eigenvalue weighted by Crippen LogP contribution is -2.61. The highest BCUT2D eigenvalue weighted by atomic mass is 32.2. The Balaban J connectivity index is 1.80. The van der Waals surface area contributed by atoms with Crippen LogP contribution >= 0.6 is 0 Å². The Morgan fingerprint density at radius 1 is 1.23 bits per heavy atom. The summed E-state index contributed by atoms with van der Waals surface area (Å²) < 4.78 is 38.7. The number of hydrogen-bond acceptors (Lipinski definition) is 5. The van der Waals surface area contributed by atoms with Gasteiger partial charge in [-0.2, -0.15) is 0 Å². The quantitative estimate of drug-likeness (QED) is 0.749. The second-order valence-corrected chi connectivity index (χ2v) is 10.9. The standard InChI is InChI=1S/C23H32N2O4S/c1-22(17-28-2)11-13-25(14-12-22)23(10-5-4-9-21(23)24-30(3,26)27)20-8-6-7-18-15-29-16-19(18)20/h4-10,21,24H,11-17H2,1-3H3. The van der Waals surface area contributed by atoms with Crippen molar-refractivity contribution in [3.05, 3.63) is 59.2 Å². The first kappa shape index (κ1) is 21.7. The van der Waals surface area contributed by atoms with Gasteiger partial charge in [0, 0.05) is 7.11 Å². The molecule has 0 radical (unpaired) electrons. The Labute approximate surface area is 180 Å². The van der Waals surface area contributed by atoms with Crippen molar-refractivity contribution in [3.63, 3.8) is 0 Å². The third kappa shape index (κ3) is 4.01. The fourth-order valence-electron chi connectivity index (χ4n) is 5.21.